The van der Waals surface area contributed by atoms with Crippen LogP contribution in [-0.4, -0.2) is 30.8 Å². The summed E-state index contributed by atoms with van der Waals surface area (Å²) in [6.07, 6.45) is -0.0117. The lowest BCUT2D eigenvalue weighted by Gasteiger charge is -2.19. The number of hydrogen-bond donors (Lipinski definition) is 2. The van der Waals surface area contributed by atoms with Gasteiger partial charge >= 0.3 is 0 Å². The van der Waals surface area contributed by atoms with Crippen LogP contribution in [0, 0.1) is 0 Å². The zero-order valence-corrected chi connectivity index (χ0v) is 8.93. The zero-order chi connectivity index (χ0) is 10.8. The molecule has 82 valence electrons. The van der Waals surface area contributed by atoms with Crippen LogP contribution in [0.5, 0.6) is 0 Å². The minimum absolute atomic E-state index is 0.160. The lowest BCUT2D eigenvalue weighted by atomic mass is 10.1. The fourth-order valence-electron chi connectivity index (χ4n) is 1.93. The van der Waals surface area contributed by atoms with Crippen LogP contribution in [0.3, 0.4) is 0 Å². The van der Waals surface area contributed by atoms with E-state index in [4.69, 9.17) is 4.55 Å². The van der Waals surface area contributed by atoms with Gasteiger partial charge in [-0.25, -0.2) is 4.21 Å². The van der Waals surface area contributed by atoms with E-state index >= 15 is 0 Å². The normalized spacial score (nSPS) is 29.2. The molecule has 2 rings (SSSR count). The molecule has 15 heavy (non-hydrogen) atoms. The largest absolute Gasteiger partial charge is 0.392 e. The Kier molecular flexibility index (Phi) is 3.16. The molecule has 0 aromatic heterocycles. The average molecular weight is 227 g/mol. The molecule has 0 bridgehead atoms. The molecule has 1 saturated heterocycles. The van der Waals surface area contributed by atoms with Crippen molar-refractivity contribution in [3.8, 4) is 0 Å². The molecule has 0 saturated carbocycles. The van der Waals surface area contributed by atoms with Gasteiger partial charge in [0.15, 0.2) is 0 Å². The highest BCUT2D eigenvalue weighted by Crippen LogP contribution is 2.32. The molecule has 0 amide bonds. The Labute approximate surface area is 91.0 Å². The number of rotatable bonds is 2. The van der Waals surface area contributed by atoms with Gasteiger partial charge in [-0.15, -0.1) is 0 Å². The number of β-amino-alcohol motifs (C(OH)–C–C–N with tert-alkyl or cyclic N) is 1. The number of aliphatic hydroxyl groups is 1. The maximum Gasteiger partial charge on any atom is 0.235 e. The number of benzene rings is 1. The van der Waals surface area contributed by atoms with Gasteiger partial charge in [0.05, 0.1) is 12.1 Å². The summed E-state index contributed by atoms with van der Waals surface area (Å²) in [5.74, 6) is 0. The predicted octanol–water partition coefficient (Wildman–Crippen LogP) is 0.931. The summed E-state index contributed by atoms with van der Waals surface area (Å²) in [6.45, 7) is 0.253. The van der Waals surface area contributed by atoms with Gasteiger partial charge in [0, 0.05) is 6.54 Å². The van der Waals surface area contributed by atoms with Gasteiger partial charge in [-0.1, -0.05) is 30.3 Å². The van der Waals surface area contributed by atoms with Crippen LogP contribution in [0.4, 0.5) is 0 Å². The minimum Gasteiger partial charge on any atom is -0.392 e. The maximum atomic E-state index is 11.1. The van der Waals surface area contributed by atoms with Crippen molar-refractivity contribution in [3.63, 3.8) is 0 Å². The Balaban J connectivity index is 2.24. The van der Waals surface area contributed by atoms with E-state index in [0.29, 0.717) is 6.42 Å². The van der Waals surface area contributed by atoms with E-state index in [1.807, 2.05) is 30.3 Å². The Hall–Kier alpha value is -0.750. The summed E-state index contributed by atoms with van der Waals surface area (Å²) in [7, 11) is 0. The molecule has 0 aliphatic carbocycles. The Morgan fingerprint density at radius 2 is 2.00 bits per heavy atom. The molecule has 1 aliphatic heterocycles. The zero-order valence-electron chi connectivity index (χ0n) is 8.11. The molecular weight excluding hydrogens is 214 g/mol. The number of nitrogens with zero attached hydrogens (tertiary/aromatic N) is 1. The third-order valence-corrected chi connectivity index (χ3v) is 3.42. The van der Waals surface area contributed by atoms with Gasteiger partial charge in [-0.3, -0.25) is 4.55 Å². The standard InChI is InChI=1S/C10H13NO3S/c12-9-6-10(11(7-9)15(13)14)8-4-2-1-3-5-8/h1-5,9-10,12H,6-7H2,(H,13,14). The molecule has 1 aromatic carbocycles. The number of hydrogen-bond acceptors (Lipinski definition) is 2. The molecule has 2 N–H and O–H groups in total. The van der Waals surface area contributed by atoms with E-state index in [2.05, 4.69) is 0 Å². The Morgan fingerprint density at radius 1 is 1.33 bits per heavy atom. The molecule has 1 heterocycles. The van der Waals surface area contributed by atoms with Crippen LogP contribution in [0.15, 0.2) is 30.3 Å². The smallest absolute Gasteiger partial charge is 0.235 e. The maximum absolute atomic E-state index is 11.1. The minimum atomic E-state index is -2.02. The molecule has 0 spiro atoms. The summed E-state index contributed by atoms with van der Waals surface area (Å²) in [5, 5.41) is 9.49. The van der Waals surface area contributed by atoms with Crippen LogP contribution < -0.4 is 0 Å². The summed E-state index contributed by atoms with van der Waals surface area (Å²) in [6, 6.07) is 9.32. The quantitative estimate of drug-likeness (QED) is 0.739. The van der Waals surface area contributed by atoms with Gasteiger partial charge in [-0.2, -0.15) is 4.31 Å². The Bertz CT molecular complexity index is 357. The van der Waals surface area contributed by atoms with Gasteiger partial charge < -0.3 is 5.11 Å². The van der Waals surface area contributed by atoms with Crippen molar-refractivity contribution < 1.29 is 13.9 Å². The van der Waals surface area contributed by atoms with Crippen molar-refractivity contribution in [1.82, 2.24) is 4.31 Å². The molecule has 1 aliphatic rings. The highest BCUT2D eigenvalue weighted by atomic mass is 32.2. The third-order valence-electron chi connectivity index (χ3n) is 2.62. The SMILES string of the molecule is O=S(O)N1CC(O)CC1c1ccccc1. The van der Waals surface area contributed by atoms with E-state index in [1.165, 1.54) is 4.31 Å². The molecule has 0 radical (unpaired) electrons. The fraction of sp³-hybridized carbons (Fsp3) is 0.400. The molecule has 5 heteroatoms. The van der Waals surface area contributed by atoms with Gasteiger partial charge in [0.1, 0.15) is 0 Å². The van der Waals surface area contributed by atoms with Crippen molar-refractivity contribution in [2.75, 3.05) is 6.54 Å². The molecular formula is C10H13NO3S. The Morgan fingerprint density at radius 3 is 2.60 bits per heavy atom. The predicted molar refractivity (Wildman–Crippen MR) is 57.3 cm³/mol. The van der Waals surface area contributed by atoms with E-state index in [9.17, 15) is 9.32 Å². The second-order valence-corrected chi connectivity index (χ2v) is 4.58. The van der Waals surface area contributed by atoms with Crippen LogP contribution in [0.2, 0.25) is 0 Å². The molecule has 3 atom stereocenters. The molecule has 1 fully saturated rings. The first-order chi connectivity index (χ1) is 7.18. The molecule has 4 nitrogen and oxygen atoms in total. The third kappa shape index (κ3) is 2.26. The first-order valence-corrected chi connectivity index (χ1v) is 5.85. The summed E-state index contributed by atoms with van der Waals surface area (Å²) >= 11 is -2.02. The van der Waals surface area contributed by atoms with Crippen LogP contribution in [0.1, 0.15) is 18.0 Å². The van der Waals surface area contributed by atoms with Crippen LogP contribution >= 0.6 is 0 Å². The highest BCUT2D eigenvalue weighted by Gasteiger charge is 2.35. The number of aliphatic hydroxyl groups excluding tert-OH is 1. The monoisotopic (exact) mass is 227 g/mol. The topological polar surface area (TPSA) is 60.8 Å². The van der Waals surface area contributed by atoms with E-state index in [1.54, 1.807) is 0 Å². The fourth-order valence-corrected chi connectivity index (χ4v) is 2.66. The summed E-state index contributed by atoms with van der Waals surface area (Å²) in [4.78, 5) is 0. The van der Waals surface area contributed by atoms with Crippen molar-refractivity contribution in [3.05, 3.63) is 35.9 Å². The highest BCUT2D eigenvalue weighted by molar-refractivity contribution is 7.76. The first kappa shape index (κ1) is 10.8. The second kappa shape index (κ2) is 4.40. The van der Waals surface area contributed by atoms with E-state index in [-0.39, 0.29) is 12.6 Å². The van der Waals surface area contributed by atoms with Crippen LogP contribution in [-0.2, 0) is 11.3 Å². The molecule has 1 aromatic rings. The molecule has 3 unspecified atom stereocenters. The van der Waals surface area contributed by atoms with Crippen molar-refractivity contribution in [1.29, 1.82) is 0 Å². The second-order valence-electron chi connectivity index (χ2n) is 3.65. The summed E-state index contributed by atoms with van der Waals surface area (Å²) in [5.41, 5.74) is 0.969. The first-order valence-electron chi connectivity index (χ1n) is 4.79. The van der Waals surface area contributed by atoms with E-state index in [0.717, 1.165) is 5.56 Å². The van der Waals surface area contributed by atoms with Crippen molar-refractivity contribution >= 4 is 11.3 Å². The summed E-state index contributed by atoms with van der Waals surface area (Å²) < 4.78 is 21.5. The van der Waals surface area contributed by atoms with Crippen molar-refractivity contribution in [2.24, 2.45) is 0 Å². The van der Waals surface area contributed by atoms with Gasteiger partial charge in [0.2, 0.25) is 11.3 Å². The van der Waals surface area contributed by atoms with Gasteiger partial charge in [0.25, 0.3) is 0 Å². The lowest BCUT2D eigenvalue weighted by molar-refractivity contribution is 0.188. The van der Waals surface area contributed by atoms with E-state index < -0.39 is 17.4 Å². The van der Waals surface area contributed by atoms with Gasteiger partial charge in [-0.05, 0) is 12.0 Å². The van der Waals surface area contributed by atoms with Crippen LogP contribution in [0.25, 0.3) is 0 Å². The average Bonchev–Trinajstić information content (AvgIpc) is 2.62. The lowest BCUT2D eigenvalue weighted by Crippen LogP contribution is -2.26. The van der Waals surface area contributed by atoms with Crippen molar-refractivity contribution in [2.45, 2.75) is 18.6 Å².